The van der Waals surface area contributed by atoms with E-state index in [1.54, 1.807) is 0 Å². The number of esters is 1. The monoisotopic (exact) mass is 339 g/mol. The van der Waals surface area contributed by atoms with Crippen LogP contribution in [0.2, 0.25) is 0 Å². The van der Waals surface area contributed by atoms with Crippen molar-refractivity contribution < 1.29 is 14.3 Å². The van der Waals surface area contributed by atoms with Crippen LogP contribution in [0.25, 0.3) is 0 Å². The molecule has 4 heteroatoms. The predicted octanol–water partition coefficient (Wildman–Crippen LogP) is 4.92. The van der Waals surface area contributed by atoms with E-state index < -0.39 is 0 Å². The first-order valence-corrected chi connectivity index (χ1v) is 9.56. The number of nitrogens with one attached hydrogen (secondary N) is 1. The van der Waals surface area contributed by atoms with Crippen LogP contribution in [0.1, 0.15) is 91.9 Å². The lowest BCUT2D eigenvalue weighted by Crippen LogP contribution is -2.42. The summed E-state index contributed by atoms with van der Waals surface area (Å²) in [4.78, 5) is 22.3. The molecule has 1 amide bonds. The quantitative estimate of drug-likeness (QED) is 0.278. The summed E-state index contributed by atoms with van der Waals surface area (Å²) in [6, 6.07) is -0.144. The Hall–Kier alpha value is -1.32. The summed E-state index contributed by atoms with van der Waals surface area (Å²) in [6.45, 7) is 7.02. The molecule has 0 aromatic heterocycles. The van der Waals surface area contributed by atoms with Crippen molar-refractivity contribution in [1.82, 2.24) is 5.32 Å². The van der Waals surface area contributed by atoms with Crippen LogP contribution in [0.3, 0.4) is 0 Å². The van der Waals surface area contributed by atoms with Crippen LogP contribution in [0.15, 0.2) is 12.2 Å². The SMILES string of the molecule is CCCCCC/C=C\CCCCC[C@@H](OC(C)=O)[C@H](C)NC(C)=O. The van der Waals surface area contributed by atoms with Crippen molar-refractivity contribution >= 4 is 11.9 Å². The minimum absolute atomic E-state index is 0.0938. The van der Waals surface area contributed by atoms with Crippen molar-refractivity contribution in [2.75, 3.05) is 0 Å². The van der Waals surface area contributed by atoms with E-state index in [1.807, 2.05) is 6.92 Å². The van der Waals surface area contributed by atoms with Gasteiger partial charge < -0.3 is 10.1 Å². The highest BCUT2D eigenvalue weighted by Crippen LogP contribution is 2.13. The number of carbonyl (C=O) groups excluding carboxylic acids is 2. The number of ether oxygens (including phenoxy) is 1. The van der Waals surface area contributed by atoms with Gasteiger partial charge >= 0.3 is 5.97 Å². The van der Waals surface area contributed by atoms with Gasteiger partial charge in [0, 0.05) is 13.8 Å². The molecule has 140 valence electrons. The van der Waals surface area contributed by atoms with Crippen molar-refractivity contribution in [3.8, 4) is 0 Å². The van der Waals surface area contributed by atoms with Crippen LogP contribution in [0.5, 0.6) is 0 Å². The molecular weight excluding hydrogens is 302 g/mol. The van der Waals surface area contributed by atoms with Gasteiger partial charge in [0.2, 0.25) is 5.91 Å². The molecule has 0 fully saturated rings. The van der Waals surface area contributed by atoms with E-state index in [2.05, 4.69) is 24.4 Å². The van der Waals surface area contributed by atoms with Crippen LogP contribution in [0, 0.1) is 0 Å². The Bertz CT molecular complexity index is 366. The largest absolute Gasteiger partial charge is 0.460 e. The lowest BCUT2D eigenvalue weighted by Gasteiger charge is -2.24. The zero-order valence-electron chi connectivity index (χ0n) is 16.1. The third-order valence-electron chi connectivity index (χ3n) is 4.06. The minimum Gasteiger partial charge on any atom is -0.460 e. The smallest absolute Gasteiger partial charge is 0.302 e. The molecule has 0 aliphatic rings. The van der Waals surface area contributed by atoms with Crippen molar-refractivity contribution in [2.24, 2.45) is 0 Å². The molecule has 0 rings (SSSR count). The maximum atomic E-state index is 11.2. The van der Waals surface area contributed by atoms with E-state index in [4.69, 9.17) is 4.74 Å². The fourth-order valence-electron chi connectivity index (χ4n) is 2.75. The number of hydrogen-bond donors (Lipinski definition) is 1. The van der Waals surface area contributed by atoms with Gasteiger partial charge in [-0.25, -0.2) is 0 Å². The van der Waals surface area contributed by atoms with Crippen molar-refractivity contribution in [3.63, 3.8) is 0 Å². The number of rotatable bonds is 14. The highest BCUT2D eigenvalue weighted by molar-refractivity contribution is 5.73. The molecule has 0 aromatic rings. The first-order chi connectivity index (χ1) is 11.5. The summed E-state index contributed by atoms with van der Waals surface area (Å²) in [5, 5.41) is 2.81. The second-order valence-corrected chi connectivity index (χ2v) is 6.60. The fourth-order valence-corrected chi connectivity index (χ4v) is 2.75. The third kappa shape index (κ3) is 14.3. The molecule has 1 N–H and O–H groups in total. The normalized spacial score (nSPS) is 13.7. The van der Waals surface area contributed by atoms with Crippen molar-refractivity contribution in [1.29, 1.82) is 0 Å². The molecule has 0 aliphatic carbocycles. The van der Waals surface area contributed by atoms with Crippen LogP contribution in [-0.2, 0) is 14.3 Å². The molecule has 0 unspecified atom stereocenters. The Kier molecular flexibility index (Phi) is 14.4. The van der Waals surface area contributed by atoms with Gasteiger partial charge in [-0.05, 0) is 45.4 Å². The van der Waals surface area contributed by atoms with E-state index >= 15 is 0 Å². The maximum Gasteiger partial charge on any atom is 0.302 e. The number of amides is 1. The predicted molar refractivity (Wildman–Crippen MR) is 99.8 cm³/mol. The molecule has 0 radical (unpaired) electrons. The van der Waals surface area contributed by atoms with Gasteiger partial charge in [-0.15, -0.1) is 0 Å². The zero-order chi connectivity index (χ0) is 18.2. The zero-order valence-corrected chi connectivity index (χ0v) is 16.1. The van der Waals surface area contributed by atoms with Crippen LogP contribution in [0.4, 0.5) is 0 Å². The summed E-state index contributed by atoms with van der Waals surface area (Å²) in [5.41, 5.74) is 0. The van der Waals surface area contributed by atoms with Gasteiger partial charge in [0.15, 0.2) is 0 Å². The van der Waals surface area contributed by atoms with Gasteiger partial charge in [-0.3, -0.25) is 9.59 Å². The van der Waals surface area contributed by atoms with Crippen molar-refractivity contribution in [2.45, 2.75) is 104 Å². The van der Waals surface area contributed by atoms with Gasteiger partial charge in [0.1, 0.15) is 6.10 Å². The number of carbonyl (C=O) groups is 2. The molecular formula is C20H37NO3. The Balaban J connectivity index is 3.81. The molecule has 0 spiro atoms. The number of allylic oxidation sites excluding steroid dienone is 2. The lowest BCUT2D eigenvalue weighted by molar-refractivity contribution is -0.148. The first kappa shape index (κ1) is 22.7. The molecule has 24 heavy (non-hydrogen) atoms. The molecule has 4 nitrogen and oxygen atoms in total. The minimum atomic E-state index is -0.289. The summed E-state index contributed by atoms with van der Waals surface area (Å²) in [6.07, 6.45) is 16.0. The molecule has 0 heterocycles. The van der Waals surface area contributed by atoms with Gasteiger partial charge in [-0.1, -0.05) is 44.8 Å². The van der Waals surface area contributed by atoms with E-state index in [0.29, 0.717) is 0 Å². The van der Waals surface area contributed by atoms with Crippen molar-refractivity contribution in [3.05, 3.63) is 12.2 Å². The van der Waals surface area contributed by atoms with Gasteiger partial charge in [0.25, 0.3) is 0 Å². The van der Waals surface area contributed by atoms with E-state index in [9.17, 15) is 9.59 Å². The summed E-state index contributed by atoms with van der Waals surface area (Å²) < 4.78 is 5.34. The second kappa shape index (κ2) is 15.2. The summed E-state index contributed by atoms with van der Waals surface area (Å²) in [5.74, 6) is -0.382. The molecule has 0 saturated carbocycles. The summed E-state index contributed by atoms with van der Waals surface area (Å²) >= 11 is 0. The highest BCUT2D eigenvalue weighted by atomic mass is 16.5. The average Bonchev–Trinajstić information content (AvgIpc) is 2.50. The molecule has 0 aromatic carbocycles. The maximum absolute atomic E-state index is 11.2. The van der Waals surface area contributed by atoms with E-state index in [1.165, 1.54) is 46.0 Å². The molecule has 2 atom stereocenters. The van der Waals surface area contributed by atoms with Gasteiger partial charge in [0.05, 0.1) is 6.04 Å². The standard InChI is InChI=1S/C20H37NO3/c1-5-6-7-8-9-10-11-12-13-14-15-16-20(24-19(4)23)17(2)21-18(3)22/h10-11,17,20H,5-9,12-16H2,1-4H3,(H,21,22)/b11-10-/t17-,20+/m0/s1. The van der Waals surface area contributed by atoms with Crippen LogP contribution < -0.4 is 5.32 Å². The van der Waals surface area contributed by atoms with Gasteiger partial charge in [-0.2, -0.15) is 0 Å². The molecule has 0 bridgehead atoms. The Morgan fingerprint density at radius 1 is 0.958 bits per heavy atom. The third-order valence-corrected chi connectivity index (χ3v) is 4.06. The Morgan fingerprint density at radius 3 is 2.04 bits per heavy atom. The Labute approximate surface area is 148 Å². The topological polar surface area (TPSA) is 55.4 Å². The van der Waals surface area contributed by atoms with E-state index in [0.717, 1.165) is 32.1 Å². The summed E-state index contributed by atoms with van der Waals surface area (Å²) in [7, 11) is 0. The molecule has 0 aliphatic heterocycles. The highest BCUT2D eigenvalue weighted by Gasteiger charge is 2.20. The lowest BCUT2D eigenvalue weighted by atomic mass is 10.0. The molecule has 0 saturated heterocycles. The number of hydrogen-bond acceptors (Lipinski definition) is 3. The first-order valence-electron chi connectivity index (χ1n) is 9.56. The van der Waals surface area contributed by atoms with Crippen LogP contribution >= 0.6 is 0 Å². The second-order valence-electron chi connectivity index (χ2n) is 6.60. The van der Waals surface area contributed by atoms with E-state index in [-0.39, 0.29) is 24.0 Å². The average molecular weight is 340 g/mol. The fraction of sp³-hybridized carbons (Fsp3) is 0.800. The van der Waals surface area contributed by atoms with Crippen LogP contribution in [-0.4, -0.2) is 24.0 Å². The number of unbranched alkanes of at least 4 members (excludes halogenated alkanes) is 7. The Morgan fingerprint density at radius 2 is 1.54 bits per heavy atom.